The normalized spacial score (nSPS) is 22.8. The molecule has 6 rings (SSSR count). The summed E-state index contributed by atoms with van der Waals surface area (Å²) in [5.41, 5.74) is 5.12. The van der Waals surface area contributed by atoms with Gasteiger partial charge in [0.1, 0.15) is 23.6 Å². The number of aldehydes is 1. The third kappa shape index (κ3) is 4.28. The second-order valence-corrected chi connectivity index (χ2v) is 11.3. The Kier molecular flexibility index (Phi) is 6.18. The summed E-state index contributed by atoms with van der Waals surface area (Å²) in [5.74, 6) is 1.04. The fraction of sp³-hybridized carbons (Fsp3) is 0.406. The van der Waals surface area contributed by atoms with E-state index in [0.29, 0.717) is 11.4 Å². The van der Waals surface area contributed by atoms with Crippen molar-refractivity contribution in [2.24, 2.45) is 11.3 Å². The van der Waals surface area contributed by atoms with Crippen LogP contribution in [-0.2, 0) is 11.2 Å². The fourth-order valence-electron chi connectivity index (χ4n) is 7.11. The SMILES string of the molecule is COc1cc(N2CC3(CCC(C=O)CC3)C2)c(F)cc1[C@@H]1c2ccc(O)cc2CC[C@@H]1c1ccccc1. The molecule has 1 N–H and O–H groups in total. The topological polar surface area (TPSA) is 49.8 Å². The number of aromatic hydroxyl groups is 1. The van der Waals surface area contributed by atoms with Crippen LogP contribution < -0.4 is 9.64 Å². The average molecular weight is 500 g/mol. The molecule has 1 saturated heterocycles. The highest BCUT2D eigenvalue weighted by Gasteiger charge is 2.46. The highest BCUT2D eigenvalue weighted by Crippen LogP contribution is 2.52. The highest BCUT2D eigenvalue weighted by atomic mass is 19.1. The van der Waals surface area contributed by atoms with Gasteiger partial charge in [0.2, 0.25) is 0 Å². The lowest BCUT2D eigenvalue weighted by molar-refractivity contribution is -0.112. The van der Waals surface area contributed by atoms with Crippen molar-refractivity contribution in [2.75, 3.05) is 25.1 Å². The maximum Gasteiger partial charge on any atom is 0.147 e. The van der Waals surface area contributed by atoms with Crippen LogP contribution in [0.1, 0.15) is 66.2 Å². The van der Waals surface area contributed by atoms with Gasteiger partial charge in [-0.05, 0) is 79.3 Å². The zero-order chi connectivity index (χ0) is 25.6. The number of halogens is 1. The molecule has 0 radical (unpaired) electrons. The smallest absolute Gasteiger partial charge is 0.147 e. The van der Waals surface area contributed by atoms with Crippen LogP contribution in [0, 0.1) is 17.2 Å². The number of nitrogens with zero attached hydrogens (tertiary/aromatic N) is 1. The molecular weight excluding hydrogens is 465 g/mol. The van der Waals surface area contributed by atoms with E-state index in [1.807, 2.05) is 24.3 Å². The number of rotatable bonds is 5. The number of benzene rings is 3. The number of methoxy groups -OCH3 is 1. The first kappa shape index (κ1) is 24.0. The number of phenols is 1. The summed E-state index contributed by atoms with van der Waals surface area (Å²) in [6, 6.07) is 19.6. The van der Waals surface area contributed by atoms with Gasteiger partial charge >= 0.3 is 0 Å². The van der Waals surface area contributed by atoms with E-state index in [9.17, 15) is 9.90 Å². The molecule has 4 nitrogen and oxygen atoms in total. The Morgan fingerprint density at radius 1 is 1.00 bits per heavy atom. The van der Waals surface area contributed by atoms with Gasteiger partial charge in [0.15, 0.2) is 0 Å². The van der Waals surface area contributed by atoms with Gasteiger partial charge in [0.25, 0.3) is 0 Å². The summed E-state index contributed by atoms with van der Waals surface area (Å²) in [5, 5.41) is 10.1. The predicted octanol–water partition coefficient (Wildman–Crippen LogP) is 6.60. The second-order valence-electron chi connectivity index (χ2n) is 11.3. The molecule has 2 atom stereocenters. The van der Waals surface area contributed by atoms with Crippen molar-refractivity contribution in [3.63, 3.8) is 0 Å². The number of anilines is 1. The first-order valence-electron chi connectivity index (χ1n) is 13.4. The number of ether oxygens (including phenoxy) is 1. The Bertz CT molecular complexity index is 1290. The van der Waals surface area contributed by atoms with Crippen molar-refractivity contribution in [1.29, 1.82) is 0 Å². The van der Waals surface area contributed by atoms with Crippen molar-refractivity contribution in [3.05, 3.63) is 88.7 Å². The van der Waals surface area contributed by atoms with E-state index >= 15 is 4.39 Å². The minimum Gasteiger partial charge on any atom is -0.508 e. The zero-order valence-corrected chi connectivity index (χ0v) is 21.3. The number of carbonyl (C=O) groups is 1. The van der Waals surface area contributed by atoms with Gasteiger partial charge in [-0.1, -0.05) is 36.4 Å². The predicted molar refractivity (Wildman–Crippen MR) is 143 cm³/mol. The molecule has 0 amide bonds. The fourth-order valence-corrected chi connectivity index (χ4v) is 7.11. The Morgan fingerprint density at radius 2 is 1.76 bits per heavy atom. The van der Waals surface area contributed by atoms with Crippen LogP contribution in [0.5, 0.6) is 11.5 Å². The third-order valence-corrected chi connectivity index (χ3v) is 9.13. The molecule has 5 heteroatoms. The molecule has 0 bridgehead atoms. The maximum absolute atomic E-state index is 15.9. The van der Waals surface area contributed by atoms with Crippen LogP contribution in [0.4, 0.5) is 10.1 Å². The van der Waals surface area contributed by atoms with Gasteiger partial charge in [-0.25, -0.2) is 4.39 Å². The first-order chi connectivity index (χ1) is 18.0. The van der Waals surface area contributed by atoms with Gasteiger partial charge in [-0.3, -0.25) is 0 Å². The van der Waals surface area contributed by atoms with Crippen molar-refractivity contribution >= 4 is 12.0 Å². The van der Waals surface area contributed by atoms with Gasteiger partial charge in [-0.2, -0.15) is 0 Å². The molecule has 0 unspecified atom stereocenters. The minimum atomic E-state index is -0.218. The molecule has 3 aromatic carbocycles. The lowest BCUT2D eigenvalue weighted by Gasteiger charge is -2.54. The van der Waals surface area contributed by atoms with Crippen molar-refractivity contribution in [1.82, 2.24) is 0 Å². The van der Waals surface area contributed by atoms with E-state index in [4.69, 9.17) is 4.74 Å². The molecule has 1 spiro atoms. The molecule has 1 aliphatic heterocycles. The Labute approximate surface area is 218 Å². The largest absolute Gasteiger partial charge is 0.508 e. The van der Waals surface area contributed by atoms with Crippen LogP contribution in [0.25, 0.3) is 0 Å². The molecule has 1 heterocycles. The van der Waals surface area contributed by atoms with E-state index in [0.717, 1.165) is 74.6 Å². The number of aryl methyl sites for hydroxylation is 1. The number of phenolic OH excluding ortho intramolecular Hbond substituents is 1. The Balaban J connectivity index is 1.35. The molecule has 37 heavy (non-hydrogen) atoms. The first-order valence-corrected chi connectivity index (χ1v) is 13.4. The highest BCUT2D eigenvalue weighted by molar-refractivity contribution is 5.61. The van der Waals surface area contributed by atoms with E-state index in [1.54, 1.807) is 19.2 Å². The summed E-state index contributed by atoms with van der Waals surface area (Å²) < 4.78 is 21.8. The Morgan fingerprint density at radius 3 is 2.46 bits per heavy atom. The molecular formula is C32H34FNO3. The molecule has 3 aromatic rings. The van der Waals surface area contributed by atoms with E-state index in [1.165, 1.54) is 5.56 Å². The van der Waals surface area contributed by atoms with Crippen LogP contribution in [0.15, 0.2) is 60.7 Å². The average Bonchev–Trinajstić information content (AvgIpc) is 2.91. The van der Waals surface area contributed by atoms with Crippen LogP contribution in [0.3, 0.4) is 0 Å². The second kappa shape index (κ2) is 9.51. The van der Waals surface area contributed by atoms with Gasteiger partial charge in [0, 0.05) is 42.0 Å². The van der Waals surface area contributed by atoms with Gasteiger partial charge in [0.05, 0.1) is 12.8 Å². The summed E-state index contributed by atoms with van der Waals surface area (Å²) in [7, 11) is 1.66. The maximum atomic E-state index is 15.9. The minimum absolute atomic E-state index is 0.0772. The monoisotopic (exact) mass is 499 g/mol. The van der Waals surface area contributed by atoms with Crippen LogP contribution >= 0.6 is 0 Å². The standard InChI is InChI=1S/C32H34FNO3/c1-37-30-17-29(34-19-32(20-34)13-11-21(18-35)12-14-32)28(33)16-27(30)31-25(22-5-3-2-4-6-22)9-7-23-15-24(36)8-10-26(23)31/h2-6,8,10,15-18,21,25,31,36H,7,9,11-14,19-20H2,1H3/t25-,31+/m1/s1. The van der Waals surface area contributed by atoms with Gasteiger partial charge in [-0.15, -0.1) is 0 Å². The lowest BCUT2D eigenvalue weighted by atomic mass is 9.66. The van der Waals surface area contributed by atoms with Crippen molar-refractivity contribution in [3.8, 4) is 11.5 Å². The number of hydrogen-bond donors (Lipinski definition) is 1. The molecule has 192 valence electrons. The Hall–Kier alpha value is -3.34. The summed E-state index contributed by atoms with van der Waals surface area (Å²) in [6.07, 6.45) is 6.83. The number of fused-ring (bicyclic) bond motifs is 1. The quantitative estimate of drug-likeness (QED) is 0.402. The van der Waals surface area contributed by atoms with E-state index in [2.05, 4.69) is 29.2 Å². The molecule has 2 aliphatic carbocycles. The van der Waals surface area contributed by atoms with Crippen molar-refractivity contribution in [2.45, 2.75) is 50.4 Å². The third-order valence-electron chi connectivity index (χ3n) is 9.13. The van der Waals surface area contributed by atoms with Gasteiger partial charge < -0.3 is 19.5 Å². The van der Waals surface area contributed by atoms with Crippen LogP contribution in [-0.4, -0.2) is 31.6 Å². The summed E-state index contributed by atoms with van der Waals surface area (Å²) in [4.78, 5) is 13.3. The summed E-state index contributed by atoms with van der Waals surface area (Å²) >= 11 is 0. The number of carbonyl (C=O) groups excluding carboxylic acids is 1. The zero-order valence-electron chi connectivity index (χ0n) is 21.3. The van der Waals surface area contributed by atoms with E-state index < -0.39 is 0 Å². The molecule has 3 aliphatic rings. The van der Waals surface area contributed by atoms with E-state index in [-0.39, 0.29) is 34.7 Å². The van der Waals surface area contributed by atoms with Crippen molar-refractivity contribution < 1.29 is 19.0 Å². The molecule has 1 saturated carbocycles. The molecule has 0 aromatic heterocycles. The lowest BCUT2D eigenvalue weighted by Crippen LogP contribution is -2.58. The van der Waals surface area contributed by atoms with Crippen LogP contribution in [0.2, 0.25) is 0 Å². The number of hydrogen-bond acceptors (Lipinski definition) is 4. The molecule has 2 fully saturated rings. The summed E-state index contributed by atoms with van der Waals surface area (Å²) in [6.45, 7) is 1.66.